The van der Waals surface area contributed by atoms with Gasteiger partial charge in [0.25, 0.3) is 5.91 Å². The van der Waals surface area contributed by atoms with E-state index >= 15 is 0 Å². The van der Waals surface area contributed by atoms with Crippen LogP contribution in [0.3, 0.4) is 0 Å². The van der Waals surface area contributed by atoms with Crippen molar-refractivity contribution in [3.63, 3.8) is 0 Å². The minimum Gasteiger partial charge on any atom is -0.493 e. The summed E-state index contributed by atoms with van der Waals surface area (Å²) < 4.78 is 10.3. The van der Waals surface area contributed by atoms with E-state index in [-0.39, 0.29) is 12.5 Å². The number of amides is 1. The Kier molecular flexibility index (Phi) is 5.18. The van der Waals surface area contributed by atoms with Crippen molar-refractivity contribution in [2.45, 2.75) is 26.3 Å². The van der Waals surface area contributed by atoms with Gasteiger partial charge in [-0.1, -0.05) is 0 Å². The summed E-state index contributed by atoms with van der Waals surface area (Å²) in [4.78, 5) is 24.8. The topological polar surface area (TPSA) is 76.1 Å². The van der Waals surface area contributed by atoms with Crippen LogP contribution in [-0.2, 0) is 4.79 Å². The number of carboxylic acids is 1. The van der Waals surface area contributed by atoms with E-state index in [2.05, 4.69) is 0 Å². The third-order valence-corrected chi connectivity index (χ3v) is 2.98. The van der Waals surface area contributed by atoms with Crippen molar-refractivity contribution in [1.29, 1.82) is 0 Å². The van der Waals surface area contributed by atoms with Crippen LogP contribution in [0, 0.1) is 0 Å². The van der Waals surface area contributed by atoms with Gasteiger partial charge < -0.3 is 19.5 Å². The van der Waals surface area contributed by atoms with Crippen LogP contribution in [-0.4, -0.2) is 48.2 Å². The first-order chi connectivity index (χ1) is 9.70. The zero-order chi connectivity index (χ0) is 16.2. The predicted octanol–water partition coefficient (Wildman–Crippen LogP) is 2.03. The summed E-state index contributed by atoms with van der Waals surface area (Å²) >= 11 is 0. The molecule has 6 heteroatoms. The lowest BCUT2D eigenvalue weighted by atomic mass is 10.0. The first kappa shape index (κ1) is 16.8. The summed E-state index contributed by atoms with van der Waals surface area (Å²) in [5.74, 6) is -0.494. The molecule has 116 valence electrons. The second-order valence-electron chi connectivity index (χ2n) is 5.53. The molecule has 1 rings (SSSR count). The first-order valence-electron chi connectivity index (χ1n) is 6.46. The zero-order valence-corrected chi connectivity index (χ0v) is 13.0. The molecule has 0 aromatic heterocycles. The highest BCUT2D eigenvalue weighted by atomic mass is 16.5. The standard InChI is InChI=1S/C15H21NO5/c1-15(2,3)16(9-13(17)18)14(19)10-6-7-11(20-4)12(8-10)21-5/h6-8H,9H2,1-5H3,(H,17,18). The Bertz CT molecular complexity index is 533. The van der Waals surface area contributed by atoms with Crippen molar-refractivity contribution >= 4 is 11.9 Å². The molecule has 0 saturated heterocycles. The van der Waals surface area contributed by atoms with Crippen molar-refractivity contribution in [2.75, 3.05) is 20.8 Å². The fraction of sp³-hybridized carbons (Fsp3) is 0.467. The van der Waals surface area contributed by atoms with Crippen molar-refractivity contribution in [1.82, 2.24) is 4.90 Å². The third kappa shape index (κ3) is 4.11. The minimum atomic E-state index is -1.06. The molecule has 1 aromatic rings. The molecule has 0 fully saturated rings. The second kappa shape index (κ2) is 6.47. The van der Waals surface area contributed by atoms with Gasteiger partial charge in [0.05, 0.1) is 14.2 Å². The van der Waals surface area contributed by atoms with E-state index in [0.29, 0.717) is 17.1 Å². The Balaban J connectivity index is 3.17. The van der Waals surface area contributed by atoms with Crippen molar-refractivity contribution in [3.8, 4) is 11.5 Å². The van der Waals surface area contributed by atoms with E-state index in [4.69, 9.17) is 14.6 Å². The van der Waals surface area contributed by atoms with Gasteiger partial charge in [0.15, 0.2) is 11.5 Å². The Morgan fingerprint density at radius 2 is 1.71 bits per heavy atom. The summed E-state index contributed by atoms with van der Waals surface area (Å²) in [7, 11) is 2.98. The number of methoxy groups -OCH3 is 2. The third-order valence-electron chi connectivity index (χ3n) is 2.98. The second-order valence-corrected chi connectivity index (χ2v) is 5.53. The zero-order valence-electron chi connectivity index (χ0n) is 13.0. The molecular weight excluding hydrogens is 274 g/mol. The monoisotopic (exact) mass is 295 g/mol. The van der Waals surface area contributed by atoms with Crippen LogP contribution >= 0.6 is 0 Å². The molecule has 1 N–H and O–H groups in total. The van der Waals surface area contributed by atoms with Crippen LogP contribution in [0.1, 0.15) is 31.1 Å². The predicted molar refractivity (Wildman–Crippen MR) is 78.0 cm³/mol. The minimum absolute atomic E-state index is 0.351. The quantitative estimate of drug-likeness (QED) is 0.899. The van der Waals surface area contributed by atoms with Gasteiger partial charge in [0.2, 0.25) is 0 Å². The average molecular weight is 295 g/mol. The fourth-order valence-electron chi connectivity index (χ4n) is 1.87. The fourth-order valence-corrected chi connectivity index (χ4v) is 1.87. The molecule has 1 aromatic carbocycles. The lowest BCUT2D eigenvalue weighted by Gasteiger charge is -2.34. The highest BCUT2D eigenvalue weighted by Crippen LogP contribution is 2.29. The van der Waals surface area contributed by atoms with E-state index in [9.17, 15) is 9.59 Å². The maximum atomic E-state index is 12.6. The SMILES string of the molecule is COc1ccc(C(=O)N(CC(=O)O)C(C)(C)C)cc1OC. The normalized spacial score (nSPS) is 10.9. The van der Waals surface area contributed by atoms with Gasteiger partial charge in [-0.2, -0.15) is 0 Å². The molecule has 0 aliphatic heterocycles. The Hall–Kier alpha value is -2.24. The van der Waals surface area contributed by atoms with Crippen LogP contribution in [0.15, 0.2) is 18.2 Å². The number of carboxylic acid groups (broad SMARTS) is 1. The highest BCUT2D eigenvalue weighted by molar-refractivity contribution is 5.97. The van der Waals surface area contributed by atoms with Crippen LogP contribution in [0.5, 0.6) is 11.5 Å². The molecule has 1 amide bonds. The van der Waals surface area contributed by atoms with Crippen LogP contribution in [0.4, 0.5) is 0 Å². The maximum Gasteiger partial charge on any atom is 0.323 e. The smallest absolute Gasteiger partial charge is 0.323 e. The summed E-state index contributed by atoms with van der Waals surface area (Å²) in [6.45, 7) is 4.99. The number of rotatable bonds is 5. The van der Waals surface area contributed by atoms with E-state index < -0.39 is 11.5 Å². The van der Waals surface area contributed by atoms with E-state index in [1.807, 2.05) is 0 Å². The Morgan fingerprint density at radius 3 is 2.14 bits per heavy atom. The number of hydrogen-bond acceptors (Lipinski definition) is 4. The van der Waals surface area contributed by atoms with Gasteiger partial charge in [-0.05, 0) is 39.0 Å². The molecule has 0 heterocycles. The molecule has 0 spiro atoms. The molecule has 0 saturated carbocycles. The molecule has 0 radical (unpaired) electrons. The molecular formula is C15H21NO5. The lowest BCUT2D eigenvalue weighted by molar-refractivity contribution is -0.138. The maximum absolute atomic E-state index is 12.6. The molecule has 0 atom stereocenters. The van der Waals surface area contributed by atoms with Gasteiger partial charge in [-0.25, -0.2) is 0 Å². The number of nitrogens with zero attached hydrogens (tertiary/aromatic N) is 1. The van der Waals surface area contributed by atoms with Gasteiger partial charge in [-0.15, -0.1) is 0 Å². The van der Waals surface area contributed by atoms with Crippen molar-refractivity contribution < 1.29 is 24.2 Å². The molecule has 0 bridgehead atoms. The van der Waals surface area contributed by atoms with E-state index in [1.165, 1.54) is 19.1 Å². The number of ether oxygens (including phenoxy) is 2. The molecule has 21 heavy (non-hydrogen) atoms. The average Bonchev–Trinajstić information content (AvgIpc) is 2.41. The number of hydrogen-bond donors (Lipinski definition) is 1. The Morgan fingerprint density at radius 1 is 1.14 bits per heavy atom. The highest BCUT2D eigenvalue weighted by Gasteiger charge is 2.29. The summed E-state index contributed by atoms with van der Waals surface area (Å²) in [5, 5.41) is 8.99. The van der Waals surface area contributed by atoms with Crippen molar-refractivity contribution in [3.05, 3.63) is 23.8 Å². The van der Waals surface area contributed by atoms with E-state index in [0.717, 1.165) is 0 Å². The summed E-state index contributed by atoms with van der Waals surface area (Å²) in [6.07, 6.45) is 0. The molecule has 6 nitrogen and oxygen atoms in total. The molecule has 0 aliphatic carbocycles. The number of benzene rings is 1. The van der Waals surface area contributed by atoms with Crippen LogP contribution in [0.2, 0.25) is 0 Å². The van der Waals surface area contributed by atoms with Crippen LogP contribution in [0.25, 0.3) is 0 Å². The van der Waals surface area contributed by atoms with Crippen LogP contribution < -0.4 is 9.47 Å². The Labute approximate surface area is 124 Å². The first-order valence-corrected chi connectivity index (χ1v) is 6.46. The van der Waals surface area contributed by atoms with Gasteiger partial charge in [0.1, 0.15) is 6.54 Å². The van der Waals surface area contributed by atoms with Gasteiger partial charge >= 0.3 is 5.97 Å². The van der Waals surface area contributed by atoms with E-state index in [1.54, 1.807) is 39.0 Å². The molecule has 0 aliphatic rings. The number of aliphatic carboxylic acids is 1. The molecule has 0 unspecified atom stereocenters. The van der Waals surface area contributed by atoms with Gasteiger partial charge in [-0.3, -0.25) is 9.59 Å². The largest absolute Gasteiger partial charge is 0.493 e. The number of carbonyl (C=O) groups excluding carboxylic acids is 1. The summed E-state index contributed by atoms with van der Waals surface area (Å²) in [6, 6.07) is 4.75. The lowest BCUT2D eigenvalue weighted by Crippen LogP contribution is -2.48. The van der Waals surface area contributed by atoms with Gasteiger partial charge in [0, 0.05) is 11.1 Å². The number of carbonyl (C=O) groups is 2. The summed E-state index contributed by atoms with van der Waals surface area (Å²) in [5.41, 5.74) is -0.258. The van der Waals surface area contributed by atoms with Crippen molar-refractivity contribution in [2.24, 2.45) is 0 Å².